The van der Waals surface area contributed by atoms with E-state index in [9.17, 15) is 4.79 Å². The predicted molar refractivity (Wildman–Crippen MR) is 72.8 cm³/mol. The number of carbonyl (C=O) groups is 1. The van der Waals surface area contributed by atoms with Crippen molar-refractivity contribution in [3.8, 4) is 0 Å². The number of amides is 1. The fourth-order valence-corrected chi connectivity index (χ4v) is 3.19. The first-order valence-electron chi connectivity index (χ1n) is 6.83. The van der Waals surface area contributed by atoms with Crippen LogP contribution in [0.2, 0.25) is 0 Å². The fraction of sp³-hybridized carbons (Fsp3) is 0.933. The molecule has 0 spiro atoms. The molecule has 0 aromatic heterocycles. The summed E-state index contributed by atoms with van der Waals surface area (Å²) in [4.78, 5) is 14.7. The minimum absolute atomic E-state index is 0.0759. The van der Waals surface area contributed by atoms with Crippen LogP contribution in [0.1, 0.15) is 61.3 Å². The maximum Gasteiger partial charge on any atom is 0.229 e. The van der Waals surface area contributed by atoms with Gasteiger partial charge in [0.15, 0.2) is 0 Å². The quantitative estimate of drug-likeness (QED) is 0.735. The third kappa shape index (κ3) is 2.66. The van der Waals surface area contributed by atoms with E-state index in [-0.39, 0.29) is 16.2 Å². The predicted octanol–water partition coefficient (Wildman–Crippen LogP) is 3.71. The van der Waals surface area contributed by atoms with Crippen LogP contribution in [-0.2, 0) is 4.79 Å². The Morgan fingerprint density at radius 2 is 1.76 bits per heavy atom. The second-order valence-electron chi connectivity index (χ2n) is 7.68. The summed E-state index contributed by atoms with van der Waals surface area (Å²) in [6.45, 7) is 17.3. The summed E-state index contributed by atoms with van der Waals surface area (Å²) in [6.07, 6.45) is 2.01. The standard InChI is InChI=1S/C15H29NO/c1-8-9-16-11-14(5,6)15(7,12(16)17)10-13(2,3)4/h8-11H2,1-7H3. The summed E-state index contributed by atoms with van der Waals surface area (Å²) in [7, 11) is 0. The molecule has 1 heterocycles. The summed E-state index contributed by atoms with van der Waals surface area (Å²) >= 11 is 0. The Bertz CT molecular complexity index is 301. The van der Waals surface area contributed by atoms with Crippen molar-refractivity contribution in [3.63, 3.8) is 0 Å². The van der Waals surface area contributed by atoms with E-state index in [1.807, 2.05) is 0 Å². The minimum Gasteiger partial charge on any atom is -0.342 e. The van der Waals surface area contributed by atoms with Crippen LogP contribution < -0.4 is 0 Å². The van der Waals surface area contributed by atoms with Gasteiger partial charge >= 0.3 is 0 Å². The average molecular weight is 239 g/mol. The molecule has 1 rings (SSSR count). The van der Waals surface area contributed by atoms with Crippen molar-refractivity contribution >= 4 is 5.91 Å². The van der Waals surface area contributed by atoms with Crippen LogP contribution in [0.25, 0.3) is 0 Å². The molecule has 1 fully saturated rings. The second-order valence-corrected chi connectivity index (χ2v) is 7.68. The summed E-state index contributed by atoms with van der Waals surface area (Å²) < 4.78 is 0. The maximum atomic E-state index is 12.6. The lowest BCUT2D eigenvalue weighted by Gasteiger charge is -2.39. The molecule has 0 radical (unpaired) electrons. The summed E-state index contributed by atoms with van der Waals surface area (Å²) in [6, 6.07) is 0. The van der Waals surface area contributed by atoms with Gasteiger partial charge in [-0.3, -0.25) is 4.79 Å². The highest BCUT2D eigenvalue weighted by Gasteiger charge is 2.56. The SMILES string of the molecule is CCCN1CC(C)(C)C(C)(CC(C)(C)C)C1=O. The van der Waals surface area contributed by atoms with E-state index in [0.717, 1.165) is 25.9 Å². The van der Waals surface area contributed by atoms with Gasteiger partial charge in [-0.25, -0.2) is 0 Å². The Morgan fingerprint density at radius 3 is 2.18 bits per heavy atom. The Hall–Kier alpha value is -0.530. The van der Waals surface area contributed by atoms with E-state index in [2.05, 4.69) is 53.4 Å². The van der Waals surface area contributed by atoms with Gasteiger partial charge in [-0.2, -0.15) is 0 Å². The van der Waals surface area contributed by atoms with Gasteiger partial charge in [0.05, 0.1) is 5.41 Å². The Morgan fingerprint density at radius 1 is 1.24 bits per heavy atom. The van der Waals surface area contributed by atoms with Crippen molar-refractivity contribution in [3.05, 3.63) is 0 Å². The molecule has 0 aromatic rings. The lowest BCUT2D eigenvalue weighted by Crippen LogP contribution is -2.40. The maximum absolute atomic E-state index is 12.6. The molecule has 1 aliphatic rings. The molecule has 100 valence electrons. The van der Waals surface area contributed by atoms with Gasteiger partial charge < -0.3 is 4.90 Å². The number of carbonyl (C=O) groups excluding carboxylic acids is 1. The van der Waals surface area contributed by atoms with Crippen LogP contribution in [0.3, 0.4) is 0 Å². The zero-order valence-electron chi connectivity index (χ0n) is 12.7. The third-order valence-electron chi connectivity index (χ3n) is 4.22. The summed E-state index contributed by atoms with van der Waals surface area (Å²) in [5, 5.41) is 0. The van der Waals surface area contributed by atoms with Gasteiger partial charge in [0.1, 0.15) is 0 Å². The van der Waals surface area contributed by atoms with Crippen LogP contribution in [0.4, 0.5) is 0 Å². The zero-order valence-corrected chi connectivity index (χ0v) is 12.7. The number of nitrogens with zero attached hydrogens (tertiary/aromatic N) is 1. The molecule has 1 unspecified atom stereocenters. The van der Waals surface area contributed by atoms with E-state index < -0.39 is 0 Å². The molecule has 0 saturated carbocycles. The van der Waals surface area contributed by atoms with Gasteiger partial charge in [-0.15, -0.1) is 0 Å². The molecular weight excluding hydrogens is 210 g/mol. The highest BCUT2D eigenvalue weighted by molar-refractivity contribution is 5.85. The summed E-state index contributed by atoms with van der Waals surface area (Å²) in [5.41, 5.74) is 0.0663. The van der Waals surface area contributed by atoms with E-state index in [1.54, 1.807) is 0 Å². The van der Waals surface area contributed by atoms with E-state index in [0.29, 0.717) is 5.91 Å². The van der Waals surface area contributed by atoms with Gasteiger partial charge in [0.2, 0.25) is 5.91 Å². The van der Waals surface area contributed by atoms with E-state index >= 15 is 0 Å². The molecule has 1 aliphatic heterocycles. The van der Waals surface area contributed by atoms with Gasteiger partial charge in [0.25, 0.3) is 0 Å². The van der Waals surface area contributed by atoms with Crippen molar-refractivity contribution in [1.29, 1.82) is 0 Å². The molecule has 0 aliphatic carbocycles. The highest BCUT2D eigenvalue weighted by Crippen LogP contribution is 2.52. The van der Waals surface area contributed by atoms with Crippen LogP contribution in [0.5, 0.6) is 0 Å². The first-order valence-corrected chi connectivity index (χ1v) is 6.83. The van der Waals surface area contributed by atoms with E-state index in [4.69, 9.17) is 0 Å². The molecule has 1 amide bonds. The van der Waals surface area contributed by atoms with Crippen molar-refractivity contribution < 1.29 is 4.79 Å². The largest absolute Gasteiger partial charge is 0.342 e. The van der Waals surface area contributed by atoms with Crippen LogP contribution in [0.15, 0.2) is 0 Å². The molecule has 2 nitrogen and oxygen atoms in total. The number of hydrogen-bond acceptors (Lipinski definition) is 1. The molecule has 0 bridgehead atoms. The van der Waals surface area contributed by atoms with E-state index in [1.165, 1.54) is 0 Å². The molecular formula is C15H29NO. The average Bonchev–Trinajstić information content (AvgIpc) is 2.25. The monoisotopic (exact) mass is 239 g/mol. The Labute approximate surface area is 107 Å². The number of hydrogen-bond donors (Lipinski definition) is 0. The van der Waals surface area contributed by atoms with Crippen LogP contribution >= 0.6 is 0 Å². The van der Waals surface area contributed by atoms with Crippen molar-refractivity contribution in [2.24, 2.45) is 16.2 Å². The summed E-state index contributed by atoms with van der Waals surface area (Å²) in [5.74, 6) is 0.360. The molecule has 0 aromatic carbocycles. The van der Waals surface area contributed by atoms with Crippen molar-refractivity contribution in [2.75, 3.05) is 13.1 Å². The molecule has 17 heavy (non-hydrogen) atoms. The van der Waals surface area contributed by atoms with Crippen molar-refractivity contribution in [1.82, 2.24) is 4.90 Å². The molecule has 1 saturated heterocycles. The lowest BCUT2D eigenvalue weighted by molar-refractivity contribution is -0.138. The molecule has 1 atom stereocenters. The first kappa shape index (κ1) is 14.5. The first-order chi connectivity index (χ1) is 7.53. The Kier molecular flexibility index (Phi) is 3.67. The van der Waals surface area contributed by atoms with Crippen molar-refractivity contribution in [2.45, 2.75) is 61.3 Å². The smallest absolute Gasteiger partial charge is 0.229 e. The fourth-order valence-electron chi connectivity index (χ4n) is 3.19. The Balaban J connectivity index is 3.00. The van der Waals surface area contributed by atoms with Crippen LogP contribution in [-0.4, -0.2) is 23.9 Å². The highest BCUT2D eigenvalue weighted by atomic mass is 16.2. The van der Waals surface area contributed by atoms with Crippen LogP contribution in [0, 0.1) is 16.2 Å². The van der Waals surface area contributed by atoms with Gasteiger partial charge in [-0.05, 0) is 23.7 Å². The topological polar surface area (TPSA) is 20.3 Å². The lowest BCUT2D eigenvalue weighted by atomic mass is 9.62. The van der Waals surface area contributed by atoms with Gasteiger partial charge in [0, 0.05) is 13.1 Å². The second kappa shape index (κ2) is 4.29. The number of rotatable bonds is 3. The minimum atomic E-state index is -0.208. The molecule has 2 heteroatoms. The third-order valence-corrected chi connectivity index (χ3v) is 4.22. The van der Waals surface area contributed by atoms with Gasteiger partial charge in [-0.1, -0.05) is 48.5 Å². The number of likely N-dealkylation sites (tertiary alicyclic amines) is 1. The molecule has 0 N–H and O–H groups in total. The zero-order chi connectivity index (χ0) is 13.5. The normalized spacial score (nSPS) is 28.9.